The molecule has 1 amide bonds. The van der Waals surface area contributed by atoms with Crippen LogP contribution in [0.25, 0.3) is 22.4 Å². The van der Waals surface area contributed by atoms with Gasteiger partial charge >= 0.3 is 11.9 Å². The molecule has 1 atom stereocenters. The highest BCUT2D eigenvalue weighted by Gasteiger charge is 2.34. The summed E-state index contributed by atoms with van der Waals surface area (Å²) in [6.07, 6.45) is -1.53. The molecule has 0 radical (unpaired) electrons. The summed E-state index contributed by atoms with van der Waals surface area (Å²) in [6.45, 7) is 0.663. The number of ether oxygens (including phenoxy) is 1. The molecule has 0 spiro atoms. The van der Waals surface area contributed by atoms with E-state index in [9.17, 15) is 32.3 Å². The van der Waals surface area contributed by atoms with Gasteiger partial charge in [-0.25, -0.2) is 24.7 Å². The molecule has 0 aromatic carbocycles. The number of aromatic nitrogens is 7. The summed E-state index contributed by atoms with van der Waals surface area (Å²) in [5, 5.41) is 2.58. The average molecular weight is 546 g/mol. The number of ketones is 1. The fraction of sp³-hybridized carbons (Fsp3) is 0.304. The Morgan fingerprint density at radius 2 is 1.82 bits per heavy atom. The van der Waals surface area contributed by atoms with Crippen LogP contribution in [0.5, 0.6) is 0 Å². The number of hydrogen-bond acceptors (Lipinski definition) is 9. The number of carbonyl (C=O) groups excluding carboxylic acids is 2. The molecule has 4 heterocycles. The lowest BCUT2D eigenvalue weighted by molar-refractivity contribution is -0.145. The molecule has 0 saturated carbocycles. The molecule has 4 aromatic rings. The Morgan fingerprint density at radius 3 is 2.46 bits per heavy atom. The molecule has 1 N–H and O–H groups in total. The fourth-order valence-corrected chi connectivity index (χ4v) is 3.73. The Bertz CT molecular complexity index is 1670. The van der Waals surface area contributed by atoms with Crippen LogP contribution in [0.1, 0.15) is 18.8 Å². The quantitative estimate of drug-likeness (QED) is 0.343. The molecule has 4 aromatic heterocycles. The highest BCUT2D eigenvalue weighted by atomic mass is 19.4. The highest BCUT2D eigenvalue weighted by Crippen LogP contribution is 2.27. The van der Waals surface area contributed by atoms with Gasteiger partial charge in [0, 0.05) is 32.1 Å². The van der Waals surface area contributed by atoms with Crippen molar-refractivity contribution in [3.05, 3.63) is 63.6 Å². The Balaban J connectivity index is 1.62. The van der Waals surface area contributed by atoms with Gasteiger partial charge in [0.2, 0.25) is 11.7 Å². The number of methoxy groups -OCH3 is 1. The summed E-state index contributed by atoms with van der Waals surface area (Å²) >= 11 is 0. The number of anilines is 1. The maximum absolute atomic E-state index is 13.2. The predicted molar refractivity (Wildman–Crippen MR) is 130 cm³/mol. The largest absolute Gasteiger partial charge is 0.451 e. The van der Waals surface area contributed by atoms with Gasteiger partial charge in [-0.3, -0.25) is 23.5 Å². The molecule has 0 fully saturated rings. The van der Waals surface area contributed by atoms with Gasteiger partial charge in [0.05, 0.1) is 18.6 Å². The molecular weight excluding hydrogens is 525 g/mol. The molecule has 0 saturated heterocycles. The molecule has 0 aliphatic heterocycles. The topological polar surface area (TPSA) is 156 Å². The van der Waals surface area contributed by atoms with Crippen LogP contribution in [-0.4, -0.2) is 59.0 Å². The number of nitrogens with one attached hydrogen (secondary N) is 1. The smallest absolute Gasteiger partial charge is 0.377 e. The van der Waals surface area contributed by atoms with Crippen LogP contribution < -0.4 is 16.6 Å². The van der Waals surface area contributed by atoms with Crippen LogP contribution in [0.3, 0.4) is 0 Å². The Labute approximate surface area is 216 Å². The maximum atomic E-state index is 13.2. The summed E-state index contributed by atoms with van der Waals surface area (Å²) in [7, 11) is 2.68. The van der Waals surface area contributed by atoms with Crippen LogP contribution in [0.2, 0.25) is 0 Å². The number of halogens is 3. The SMILES string of the molecule is COCC(=O)Cn1c(=O)c2c(ncn2C(C)C(=O)Nc2cccc(-c3cnc(C(F)(F)F)nc3)n2)n(C)c1=O. The third kappa shape index (κ3) is 5.45. The van der Waals surface area contributed by atoms with E-state index in [4.69, 9.17) is 4.74 Å². The van der Waals surface area contributed by atoms with Gasteiger partial charge in [0.25, 0.3) is 5.56 Å². The van der Waals surface area contributed by atoms with Crippen molar-refractivity contribution in [3.63, 3.8) is 0 Å². The van der Waals surface area contributed by atoms with Crippen LogP contribution in [0.4, 0.5) is 19.0 Å². The van der Waals surface area contributed by atoms with E-state index < -0.39 is 47.5 Å². The number of hydrogen-bond donors (Lipinski definition) is 1. The summed E-state index contributed by atoms with van der Waals surface area (Å²) in [5.41, 5.74) is -1.22. The maximum Gasteiger partial charge on any atom is 0.451 e. The number of amides is 1. The summed E-state index contributed by atoms with van der Waals surface area (Å²) in [4.78, 5) is 65.9. The second-order valence-electron chi connectivity index (χ2n) is 8.40. The third-order valence-corrected chi connectivity index (χ3v) is 5.70. The predicted octanol–water partition coefficient (Wildman–Crippen LogP) is 1.18. The van der Waals surface area contributed by atoms with E-state index in [1.165, 1.54) is 50.2 Å². The first-order valence-corrected chi connectivity index (χ1v) is 11.3. The molecule has 1 unspecified atom stereocenters. The van der Waals surface area contributed by atoms with Crippen LogP contribution in [0, 0.1) is 0 Å². The normalized spacial score (nSPS) is 12.5. The lowest BCUT2D eigenvalue weighted by atomic mass is 10.2. The molecule has 204 valence electrons. The zero-order valence-corrected chi connectivity index (χ0v) is 20.8. The lowest BCUT2D eigenvalue weighted by Crippen LogP contribution is -2.42. The van der Waals surface area contributed by atoms with E-state index in [1.54, 1.807) is 0 Å². The second kappa shape index (κ2) is 10.6. The molecule has 16 heteroatoms. The minimum atomic E-state index is -4.69. The number of aryl methyl sites for hydroxylation is 1. The van der Waals surface area contributed by atoms with Gasteiger partial charge in [0.15, 0.2) is 16.9 Å². The van der Waals surface area contributed by atoms with E-state index in [1.807, 2.05) is 0 Å². The van der Waals surface area contributed by atoms with Crippen molar-refractivity contribution < 1.29 is 27.5 Å². The standard InChI is InChI=1S/C23H21F3N8O5/c1-12(34-11-29-18-17(34)20(37)33(22(38)32(18)2)9-14(35)10-39-3)19(36)31-16-6-4-5-15(30-16)13-7-27-21(28-8-13)23(24,25)26/h4-8,11-12H,9-10H2,1-3H3,(H,30,31,36). The van der Waals surface area contributed by atoms with Crippen LogP contribution in [0.15, 0.2) is 46.5 Å². The molecule has 0 bridgehead atoms. The number of pyridine rings is 1. The van der Waals surface area contributed by atoms with Crippen LogP contribution in [-0.2, 0) is 34.1 Å². The Hall–Kier alpha value is -4.73. The zero-order chi connectivity index (χ0) is 28.5. The molecule has 0 aliphatic rings. The van der Waals surface area contributed by atoms with E-state index >= 15 is 0 Å². The van der Waals surface area contributed by atoms with E-state index in [0.717, 1.165) is 21.5 Å². The molecule has 13 nitrogen and oxygen atoms in total. The molecule has 4 rings (SSSR count). The fourth-order valence-electron chi connectivity index (χ4n) is 3.73. The first kappa shape index (κ1) is 27.3. The minimum Gasteiger partial charge on any atom is -0.377 e. The Morgan fingerprint density at radius 1 is 1.13 bits per heavy atom. The first-order valence-electron chi connectivity index (χ1n) is 11.3. The molecule has 0 aliphatic carbocycles. The van der Waals surface area contributed by atoms with Gasteiger partial charge in [-0.15, -0.1) is 0 Å². The van der Waals surface area contributed by atoms with Crippen LogP contribution >= 0.6 is 0 Å². The second-order valence-corrected chi connectivity index (χ2v) is 8.40. The van der Waals surface area contributed by atoms with E-state index in [-0.39, 0.29) is 34.8 Å². The van der Waals surface area contributed by atoms with Crippen molar-refractivity contribution in [2.24, 2.45) is 7.05 Å². The Kier molecular flexibility index (Phi) is 7.40. The number of carbonyl (C=O) groups is 2. The van der Waals surface area contributed by atoms with Gasteiger partial charge in [0.1, 0.15) is 18.5 Å². The van der Waals surface area contributed by atoms with Gasteiger partial charge < -0.3 is 14.6 Å². The third-order valence-electron chi connectivity index (χ3n) is 5.70. The van der Waals surface area contributed by atoms with Crippen molar-refractivity contribution >= 4 is 28.7 Å². The number of alkyl halides is 3. The first-order chi connectivity index (χ1) is 18.4. The summed E-state index contributed by atoms with van der Waals surface area (Å²) in [6, 6.07) is 3.47. The average Bonchev–Trinajstić information content (AvgIpc) is 3.35. The lowest BCUT2D eigenvalue weighted by Gasteiger charge is -2.15. The minimum absolute atomic E-state index is 0.0162. The number of rotatable bonds is 8. The summed E-state index contributed by atoms with van der Waals surface area (Å²) in [5.74, 6) is -2.34. The number of imidazole rings is 1. The molecule has 39 heavy (non-hydrogen) atoms. The van der Waals surface area contributed by atoms with Crippen molar-refractivity contribution in [2.75, 3.05) is 19.0 Å². The van der Waals surface area contributed by atoms with Gasteiger partial charge in [-0.05, 0) is 19.1 Å². The number of nitrogens with zero attached hydrogens (tertiary/aromatic N) is 7. The zero-order valence-electron chi connectivity index (χ0n) is 20.8. The van der Waals surface area contributed by atoms with Crippen molar-refractivity contribution in [1.29, 1.82) is 0 Å². The van der Waals surface area contributed by atoms with E-state index in [2.05, 4.69) is 25.3 Å². The summed E-state index contributed by atoms with van der Waals surface area (Å²) < 4.78 is 46.1. The monoisotopic (exact) mass is 546 g/mol. The van der Waals surface area contributed by atoms with Gasteiger partial charge in [-0.2, -0.15) is 13.2 Å². The van der Waals surface area contributed by atoms with Gasteiger partial charge in [-0.1, -0.05) is 6.07 Å². The van der Waals surface area contributed by atoms with Crippen molar-refractivity contribution in [2.45, 2.75) is 25.7 Å². The number of Topliss-reactive ketones (excluding diaryl/α,β-unsaturated/α-hetero) is 1. The number of fused-ring (bicyclic) bond motifs is 1. The van der Waals surface area contributed by atoms with Crippen molar-refractivity contribution in [3.8, 4) is 11.3 Å². The van der Waals surface area contributed by atoms with E-state index in [0.29, 0.717) is 0 Å². The van der Waals surface area contributed by atoms with Crippen molar-refractivity contribution in [1.82, 2.24) is 33.6 Å². The highest BCUT2D eigenvalue weighted by molar-refractivity contribution is 5.93. The molecular formula is C23H21F3N8O5.